The summed E-state index contributed by atoms with van der Waals surface area (Å²) in [6.07, 6.45) is 6.84. The van der Waals surface area contributed by atoms with Crippen molar-refractivity contribution in [2.45, 2.75) is 36.7 Å². The minimum absolute atomic E-state index is 0.0649. The van der Waals surface area contributed by atoms with E-state index >= 15 is 0 Å². The maximum absolute atomic E-state index is 12.9. The number of pyridine rings is 1. The van der Waals surface area contributed by atoms with Gasteiger partial charge in [0.25, 0.3) is 5.91 Å². The molecule has 0 saturated carbocycles. The first-order valence-electron chi connectivity index (χ1n) is 10.0. The van der Waals surface area contributed by atoms with Crippen molar-refractivity contribution in [3.05, 3.63) is 54.4 Å². The number of ether oxygens (including phenoxy) is 1. The zero-order valence-electron chi connectivity index (χ0n) is 16.2. The maximum Gasteiger partial charge on any atom is 0.253 e. The van der Waals surface area contributed by atoms with Crippen molar-refractivity contribution >= 4 is 15.9 Å². The second-order valence-electron chi connectivity index (χ2n) is 7.45. The zero-order valence-corrected chi connectivity index (χ0v) is 17.1. The van der Waals surface area contributed by atoms with E-state index in [1.54, 1.807) is 41.6 Å². The fraction of sp³-hybridized carbons (Fsp3) is 0.429. The van der Waals surface area contributed by atoms with E-state index in [0.29, 0.717) is 31.7 Å². The summed E-state index contributed by atoms with van der Waals surface area (Å²) < 4.78 is 32.8. The highest BCUT2D eigenvalue weighted by Gasteiger charge is 2.28. The summed E-state index contributed by atoms with van der Waals surface area (Å²) in [4.78, 5) is 18.9. The number of nitrogens with zero attached hydrogens (tertiary/aromatic N) is 3. The molecule has 1 aromatic heterocycles. The third-order valence-corrected chi connectivity index (χ3v) is 7.33. The summed E-state index contributed by atoms with van der Waals surface area (Å²) in [6.45, 7) is 2.31. The highest BCUT2D eigenvalue weighted by molar-refractivity contribution is 7.89. The van der Waals surface area contributed by atoms with Crippen LogP contribution in [0.25, 0.3) is 0 Å². The van der Waals surface area contributed by atoms with Crippen LogP contribution in [0.5, 0.6) is 5.75 Å². The van der Waals surface area contributed by atoms with Gasteiger partial charge in [0.2, 0.25) is 10.0 Å². The summed E-state index contributed by atoms with van der Waals surface area (Å²) in [5.41, 5.74) is 0.495. The lowest BCUT2D eigenvalue weighted by atomic mass is 10.1. The first kappa shape index (κ1) is 19.8. The summed E-state index contributed by atoms with van der Waals surface area (Å²) in [5.74, 6) is 0.647. The van der Waals surface area contributed by atoms with Crippen LogP contribution in [0.2, 0.25) is 0 Å². The summed E-state index contributed by atoms with van der Waals surface area (Å²) in [7, 11) is -3.47. The summed E-state index contributed by atoms with van der Waals surface area (Å²) in [5, 5.41) is 0. The van der Waals surface area contributed by atoms with Crippen molar-refractivity contribution in [2.24, 2.45) is 0 Å². The molecule has 2 aliphatic rings. The average molecular weight is 416 g/mol. The average Bonchev–Trinajstić information content (AvgIpc) is 3.30. The van der Waals surface area contributed by atoms with E-state index < -0.39 is 10.0 Å². The maximum atomic E-state index is 12.9. The van der Waals surface area contributed by atoms with Gasteiger partial charge in [0, 0.05) is 37.6 Å². The molecule has 29 heavy (non-hydrogen) atoms. The molecule has 1 aromatic carbocycles. The molecule has 3 heterocycles. The van der Waals surface area contributed by atoms with Crippen molar-refractivity contribution in [3.63, 3.8) is 0 Å². The van der Waals surface area contributed by atoms with Crippen molar-refractivity contribution < 1.29 is 17.9 Å². The van der Waals surface area contributed by atoms with Gasteiger partial charge in [-0.1, -0.05) is 0 Å². The van der Waals surface area contributed by atoms with Gasteiger partial charge in [-0.15, -0.1) is 0 Å². The van der Waals surface area contributed by atoms with Gasteiger partial charge in [-0.25, -0.2) is 8.42 Å². The predicted molar refractivity (Wildman–Crippen MR) is 108 cm³/mol. The largest absolute Gasteiger partial charge is 0.488 e. The van der Waals surface area contributed by atoms with Gasteiger partial charge in [0.15, 0.2) is 0 Å². The number of carbonyl (C=O) groups excluding carboxylic acids is 1. The molecule has 7 nitrogen and oxygen atoms in total. The number of piperidine rings is 1. The predicted octanol–water partition coefficient (Wildman–Crippen LogP) is 2.55. The first-order valence-corrected chi connectivity index (χ1v) is 11.4. The zero-order chi connectivity index (χ0) is 20.3. The molecule has 8 heteroatoms. The Bertz CT molecular complexity index is 942. The molecule has 1 amide bonds. The van der Waals surface area contributed by atoms with E-state index in [1.165, 1.54) is 16.4 Å². The Hall–Kier alpha value is -2.45. The van der Waals surface area contributed by atoms with Gasteiger partial charge in [-0.3, -0.25) is 9.78 Å². The van der Waals surface area contributed by atoms with Crippen molar-refractivity contribution in [1.29, 1.82) is 0 Å². The Labute approximate surface area is 171 Å². The number of likely N-dealkylation sites (tertiary alicyclic amines) is 1. The number of hydrogen-bond acceptors (Lipinski definition) is 5. The highest BCUT2D eigenvalue weighted by Crippen LogP contribution is 2.23. The highest BCUT2D eigenvalue weighted by atomic mass is 32.2. The Morgan fingerprint density at radius 3 is 2.34 bits per heavy atom. The van der Waals surface area contributed by atoms with E-state index in [4.69, 9.17) is 4.74 Å². The van der Waals surface area contributed by atoms with E-state index in [2.05, 4.69) is 4.98 Å². The number of aromatic nitrogens is 1. The molecule has 154 valence electrons. The quantitative estimate of drug-likeness (QED) is 0.750. The lowest BCUT2D eigenvalue weighted by Crippen LogP contribution is -2.44. The van der Waals surface area contributed by atoms with Crippen LogP contribution in [0.3, 0.4) is 0 Å². The van der Waals surface area contributed by atoms with Gasteiger partial charge in [0.05, 0.1) is 11.4 Å². The van der Waals surface area contributed by atoms with Crippen molar-refractivity contribution in [2.75, 3.05) is 26.2 Å². The molecule has 0 radical (unpaired) electrons. The number of rotatable bonds is 5. The lowest BCUT2D eigenvalue weighted by molar-refractivity contribution is 0.0537. The van der Waals surface area contributed by atoms with E-state index in [1.807, 2.05) is 0 Å². The first-order chi connectivity index (χ1) is 14.0. The van der Waals surface area contributed by atoms with Crippen LogP contribution < -0.4 is 4.74 Å². The number of sulfonamides is 1. The van der Waals surface area contributed by atoms with Crippen LogP contribution in [0.1, 0.15) is 36.0 Å². The van der Waals surface area contributed by atoms with Gasteiger partial charge >= 0.3 is 0 Å². The van der Waals surface area contributed by atoms with Gasteiger partial charge in [0.1, 0.15) is 11.9 Å². The molecule has 0 aliphatic carbocycles. The Morgan fingerprint density at radius 2 is 1.66 bits per heavy atom. The molecule has 0 N–H and O–H groups in total. The Morgan fingerprint density at radius 1 is 0.966 bits per heavy atom. The normalized spacial score (nSPS) is 20.6. The Balaban J connectivity index is 1.42. The molecule has 0 bridgehead atoms. The molecule has 0 spiro atoms. The van der Waals surface area contributed by atoms with Crippen LogP contribution in [0.15, 0.2) is 53.7 Å². The topological polar surface area (TPSA) is 79.8 Å². The molecule has 2 aromatic rings. The third-order valence-electron chi connectivity index (χ3n) is 5.42. The Kier molecular flexibility index (Phi) is 5.82. The van der Waals surface area contributed by atoms with Crippen LogP contribution in [-0.2, 0) is 10.0 Å². The van der Waals surface area contributed by atoms with Crippen LogP contribution in [0.4, 0.5) is 0 Å². The lowest BCUT2D eigenvalue weighted by Gasteiger charge is -2.33. The molecule has 4 rings (SSSR count). The minimum atomic E-state index is -3.47. The minimum Gasteiger partial charge on any atom is -0.488 e. The molecule has 2 aliphatic heterocycles. The molecular weight excluding hydrogens is 390 g/mol. The van der Waals surface area contributed by atoms with Crippen molar-refractivity contribution in [3.8, 4) is 5.75 Å². The smallest absolute Gasteiger partial charge is 0.253 e. The summed E-state index contributed by atoms with van der Waals surface area (Å²) in [6, 6.07) is 9.91. The number of carbonyl (C=O) groups is 1. The molecule has 1 atom stereocenters. The number of benzene rings is 1. The molecular formula is C21H25N3O4S. The molecule has 2 fully saturated rings. The second-order valence-corrected chi connectivity index (χ2v) is 9.39. The van der Waals surface area contributed by atoms with E-state index in [-0.39, 0.29) is 16.9 Å². The number of amides is 1. The third kappa shape index (κ3) is 4.43. The molecule has 2 saturated heterocycles. The number of hydrogen-bond donors (Lipinski definition) is 0. The SMILES string of the molecule is O=C(c1ccc(S(=O)(=O)N2CCCC2)cc1)N1CCCC(Oc2ccncc2)C1. The van der Waals surface area contributed by atoms with Gasteiger partial charge < -0.3 is 9.64 Å². The van der Waals surface area contributed by atoms with Gasteiger partial charge in [-0.2, -0.15) is 4.31 Å². The second kappa shape index (κ2) is 8.51. The van der Waals surface area contributed by atoms with E-state index in [0.717, 1.165) is 31.4 Å². The standard InChI is InChI=1S/C21H25N3O4S/c25-21(23-13-3-4-19(16-23)28-18-9-11-22-12-10-18)17-5-7-20(8-6-17)29(26,27)24-14-1-2-15-24/h5-12,19H,1-4,13-16H2. The fourth-order valence-corrected chi connectivity index (χ4v) is 5.37. The summed E-state index contributed by atoms with van der Waals surface area (Å²) >= 11 is 0. The van der Waals surface area contributed by atoms with Crippen LogP contribution in [-0.4, -0.2) is 60.8 Å². The monoisotopic (exact) mass is 415 g/mol. The van der Waals surface area contributed by atoms with Gasteiger partial charge in [-0.05, 0) is 62.1 Å². The van der Waals surface area contributed by atoms with Crippen molar-refractivity contribution in [1.82, 2.24) is 14.2 Å². The van der Waals surface area contributed by atoms with Crippen LogP contribution >= 0.6 is 0 Å². The van der Waals surface area contributed by atoms with Crippen LogP contribution in [0, 0.1) is 0 Å². The fourth-order valence-electron chi connectivity index (χ4n) is 3.86. The van der Waals surface area contributed by atoms with E-state index in [9.17, 15) is 13.2 Å². The molecule has 1 unspecified atom stereocenters.